The number of aromatic nitrogens is 2. The average molecular weight is 755 g/mol. The predicted octanol–water partition coefficient (Wildman–Crippen LogP) is 8.76. The summed E-state index contributed by atoms with van der Waals surface area (Å²) in [6, 6.07) is 4.47. The van der Waals surface area contributed by atoms with Gasteiger partial charge in [-0.3, -0.25) is 10.2 Å². The highest BCUT2D eigenvalue weighted by atomic mass is 35.5. The number of amides is 1. The molecule has 0 spiro atoms. The fraction of sp³-hybridized carbons (Fsp3) is 0.514. The fourth-order valence-corrected chi connectivity index (χ4v) is 9.71. The van der Waals surface area contributed by atoms with Crippen LogP contribution in [-0.4, -0.2) is 77.2 Å². The molecule has 1 amide bonds. The number of fused-ring (bicyclic) bond motifs is 4. The van der Waals surface area contributed by atoms with Crippen molar-refractivity contribution in [2.24, 2.45) is 0 Å². The molecule has 15 heteroatoms. The second kappa shape index (κ2) is 13.1. The minimum atomic E-state index is -0.950. The summed E-state index contributed by atoms with van der Waals surface area (Å²) in [6.07, 6.45) is 4.02. The van der Waals surface area contributed by atoms with Gasteiger partial charge in [-0.15, -0.1) is 11.3 Å². The third-order valence-electron chi connectivity index (χ3n) is 10.5. The maximum atomic E-state index is 17.4. The van der Waals surface area contributed by atoms with Crippen molar-refractivity contribution in [2.75, 3.05) is 43.1 Å². The highest BCUT2D eigenvalue weighted by molar-refractivity contribution is 7.23. The number of nitrogens with zero attached hydrogens (tertiary/aromatic N) is 5. The molecule has 52 heavy (non-hydrogen) atoms. The molecule has 4 aromatic rings. The van der Waals surface area contributed by atoms with Crippen molar-refractivity contribution in [1.82, 2.24) is 14.9 Å². The van der Waals surface area contributed by atoms with Crippen LogP contribution in [-0.2, 0) is 4.74 Å². The van der Waals surface area contributed by atoms with Crippen molar-refractivity contribution in [2.45, 2.75) is 89.1 Å². The van der Waals surface area contributed by atoms with E-state index >= 15 is 8.78 Å². The molecule has 4 aliphatic rings. The van der Waals surface area contributed by atoms with Crippen LogP contribution in [0.1, 0.15) is 71.3 Å². The van der Waals surface area contributed by atoms with Gasteiger partial charge in [-0.2, -0.15) is 15.2 Å². The third kappa shape index (κ3) is 5.94. The zero-order valence-corrected chi connectivity index (χ0v) is 30.7. The van der Waals surface area contributed by atoms with E-state index in [1.165, 1.54) is 12.1 Å². The number of carbonyl (C=O) groups is 1. The number of benzene rings is 2. The number of thiophene rings is 1. The van der Waals surface area contributed by atoms with E-state index in [9.17, 15) is 14.4 Å². The van der Waals surface area contributed by atoms with Gasteiger partial charge in [0.25, 0.3) is 0 Å². The van der Waals surface area contributed by atoms with E-state index in [1.807, 2.05) is 0 Å². The van der Waals surface area contributed by atoms with Gasteiger partial charge in [0, 0.05) is 30.5 Å². The summed E-state index contributed by atoms with van der Waals surface area (Å²) in [4.78, 5) is 26.5. The number of alkyl halides is 1. The highest BCUT2D eigenvalue weighted by Crippen LogP contribution is 2.52. The predicted molar refractivity (Wildman–Crippen MR) is 193 cm³/mol. The van der Waals surface area contributed by atoms with E-state index < -0.39 is 35.0 Å². The molecular formula is C37H38ClF3N6O4S. The Morgan fingerprint density at radius 3 is 2.81 bits per heavy atom. The Bertz CT molecular complexity index is 2150. The van der Waals surface area contributed by atoms with E-state index in [1.54, 1.807) is 20.8 Å². The summed E-state index contributed by atoms with van der Waals surface area (Å²) in [5, 5.41) is 13.2. The molecule has 0 saturated carbocycles. The molecule has 4 aliphatic heterocycles. The molecule has 0 aliphatic carbocycles. The second-order valence-corrected chi connectivity index (χ2v) is 16.5. The molecule has 3 fully saturated rings. The minimum absolute atomic E-state index is 0.0198. The van der Waals surface area contributed by atoms with Gasteiger partial charge in [-0.05, 0) is 64.6 Å². The Morgan fingerprint density at radius 1 is 1.19 bits per heavy atom. The Labute approximate surface area is 307 Å². The van der Waals surface area contributed by atoms with Crippen LogP contribution < -0.4 is 19.7 Å². The number of ether oxygens (including phenoxy) is 3. The zero-order chi connectivity index (χ0) is 36.5. The zero-order valence-electron chi connectivity index (χ0n) is 29.1. The molecule has 8 rings (SSSR count). The van der Waals surface area contributed by atoms with Crippen molar-refractivity contribution in [3.63, 3.8) is 0 Å². The van der Waals surface area contributed by atoms with Gasteiger partial charge in [-0.25, -0.2) is 18.0 Å². The van der Waals surface area contributed by atoms with Gasteiger partial charge >= 0.3 is 12.1 Å². The average Bonchev–Trinajstić information content (AvgIpc) is 3.62. The lowest BCUT2D eigenvalue weighted by Gasteiger charge is -2.31. The number of hydrogen-bond acceptors (Lipinski definition) is 10. The molecule has 10 nitrogen and oxygen atoms in total. The van der Waals surface area contributed by atoms with E-state index in [-0.39, 0.29) is 73.3 Å². The van der Waals surface area contributed by atoms with Crippen molar-refractivity contribution >= 4 is 60.8 Å². The van der Waals surface area contributed by atoms with Crippen LogP contribution in [0.25, 0.3) is 32.1 Å². The molecular weight excluding hydrogens is 717 g/mol. The molecule has 0 radical (unpaired) electrons. The number of hydrogen-bond donors (Lipinski definition) is 1. The van der Waals surface area contributed by atoms with Gasteiger partial charge in [0.2, 0.25) is 0 Å². The van der Waals surface area contributed by atoms with Crippen LogP contribution in [0, 0.1) is 23.0 Å². The van der Waals surface area contributed by atoms with Crippen LogP contribution >= 0.6 is 22.9 Å². The topological polar surface area (TPSA) is 113 Å². The van der Waals surface area contributed by atoms with Gasteiger partial charge in [0.15, 0.2) is 11.6 Å². The first-order valence-electron chi connectivity index (χ1n) is 17.7. The molecule has 1 N–H and O–H groups in total. The lowest BCUT2D eigenvalue weighted by atomic mass is 9.95. The fourth-order valence-electron chi connectivity index (χ4n) is 8.31. The molecule has 0 bridgehead atoms. The first kappa shape index (κ1) is 35.0. The molecule has 3 unspecified atom stereocenters. The number of rotatable bonds is 5. The monoisotopic (exact) mass is 754 g/mol. The lowest BCUT2D eigenvalue weighted by molar-refractivity contribution is 0.0636. The Kier molecular flexibility index (Phi) is 8.82. The summed E-state index contributed by atoms with van der Waals surface area (Å²) < 4.78 is 65.6. The summed E-state index contributed by atoms with van der Waals surface area (Å²) in [6.45, 7) is 7.29. The molecule has 3 saturated heterocycles. The molecule has 3 atom stereocenters. The van der Waals surface area contributed by atoms with Crippen LogP contribution in [0.4, 0.5) is 28.8 Å². The van der Waals surface area contributed by atoms with Crippen molar-refractivity contribution in [1.29, 1.82) is 5.26 Å². The van der Waals surface area contributed by atoms with E-state index in [2.05, 4.69) is 26.2 Å². The summed E-state index contributed by atoms with van der Waals surface area (Å²) in [7, 11) is 0. The maximum Gasteiger partial charge on any atom is 0.412 e. The molecule has 2 aromatic carbocycles. The summed E-state index contributed by atoms with van der Waals surface area (Å²) >= 11 is 7.96. The number of anilines is 2. The second-order valence-electron chi connectivity index (χ2n) is 15.1. The largest absolute Gasteiger partial charge is 0.489 e. The van der Waals surface area contributed by atoms with E-state index in [0.29, 0.717) is 30.7 Å². The van der Waals surface area contributed by atoms with Crippen LogP contribution in [0.15, 0.2) is 12.1 Å². The van der Waals surface area contributed by atoms with E-state index in [4.69, 9.17) is 30.8 Å². The molecule has 6 heterocycles. The van der Waals surface area contributed by atoms with Gasteiger partial charge in [0.1, 0.15) is 53.2 Å². The maximum absolute atomic E-state index is 17.4. The van der Waals surface area contributed by atoms with Crippen LogP contribution in [0.2, 0.25) is 5.02 Å². The lowest BCUT2D eigenvalue weighted by Crippen LogP contribution is -2.43. The Hall–Kier alpha value is -4.06. The van der Waals surface area contributed by atoms with Gasteiger partial charge in [-0.1, -0.05) is 30.5 Å². The summed E-state index contributed by atoms with van der Waals surface area (Å²) in [5.74, 6) is -0.870. The smallest absolute Gasteiger partial charge is 0.412 e. The van der Waals surface area contributed by atoms with Crippen molar-refractivity contribution in [3.05, 3.63) is 34.4 Å². The number of carbonyl (C=O) groups excluding carboxylic acids is 1. The van der Waals surface area contributed by atoms with Gasteiger partial charge in [0.05, 0.1) is 32.3 Å². The highest BCUT2D eigenvalue weighted by Gasteiger charge is 2.49. The quantitative estimate of drug-likeness (QED) is 0.214. The molecule has 2 aromatic heterocycles. The summed E-state index contributed by atoms with van der Waals surface area (Å²) in [5.41, 5.74) is -1.51. The van der Waals surface area contributed by atoms with E-state index in [0.717, 1.165) is 56.4 Å². The van der Waals surface area contributed by atoms with Crippen molar-refractivity contribution < 1.29 is 32.2 Å². The van der Waals surface area contributed by atoms with Gasteiger partial charge < -0.3 is 19.1 Å². The number of halogens is 4. The minimum Gasteiger partial charge on any atom is -0.489 e. The Morgan fingerprint density at radius 2 is 2.02 bits per heavy atom. The number of nitriles is 1. The first-order chi connectivity index (χ1) is 24.9. The molecule has 274 valence electrons. The Balaban J connectivity index is 1.31. The normalized spacial score (nSPS) is 23.1. The van der Waals surface area contributed by atoms with Crippen LogP contribution in [0.5, 0.6) is 11.8 Å². The first-order valence-corrected chi connectivity index (χ1v) is 18.9. The van der Waals surface area contributed by atoms with Crippen LogP contribution in [0.3, 0.4) is 0 Å². The van der Waals surface area contributed by atoms with Crippen molar-refractivity contribution in [3.8, 4) is 29.0 Å². The standard InChI is InChI=1S/C37H38ClF3N6O4S/c1-36(2,3)51-35(48)45-33-22(15-42)24-21(9-10-23(40)31(24)52-33)25-27(38)30-26-29(28(25)41)43-34(50-18-37-11-7-12-46(37)16-19(39)14-37)44-32(26)47-13-6-4-5-8-20(47)17-49-30/h9-10,19-20H,4-8,11-14,16-18H2,1-3H3,(H,45,48). The SMILES string of the molecule is CC(C)(C)OC(=O)Nc1sc2c(F)ccc(-c3c(Cl)c4c5c(nc(OCC67CCCN6CC(F)C7)nc5c3F)N3CCCCCC3CO4)c2c1C#N. The third-order valence-corrected chi connectivity index (χ3v) is 12.0. The number of nitrogens with one attached hydrogen (secondary N) is 1.